The highest BCUT2D eigenvalue weighted by Gasteiger charge is 2.40. The minimum atomic E-state index is 0.751. The lowest BCUT2D eigenvalue weighted by Gasteiger charge is -2.26. The van der Waals surface area contributed by atoms with E-state index in [1.54, 1.807) is 0 Å². The number of fused-ring (bicyclic) bond motifs is 5. The van der Waals surface area contributed by atoms with Crippen molar-refractivity contribution in [3.63, 3.8) is 0 Å². The SMILES string of the molecule is c1ccc(-c2cccc(-c3ccccc3)c2-c2ccc(N(c3ccc(-c4ccc(C5CC6CCC5C6)cc4)cc3)c3ccc4c(c3)oc3ccccc34)cc2)cc1. The number of hydrogen-bond acceptors (Lipinski definition) is 2. The first-order valence-electron chi connectivity index (χ1n) is 20.5. The van der Waals surface area contributed by atoms with Crippen LogP contribution in [0.2, 0.25) is 0 Å². The Morgan fingerprint density at radius 3 is 1.58 bits per heavy atom. The van der Waals surface area contributed by atoms with Crippen molar-refractivity contribution in [3.8, 4) is 44.5 Å². The van der Waals surface area contributed by atoms with Crippen LogP contribution in [-0.2, 0) is 0 Å². The van der Waals surface area contributed by atoms with Gasteiger partial charge in [0.05, 0.1) is 0 Å². The molecule has 11 rings (SSSR count). The molecule has 57 heavy (non-hydrogen) atoms. The van der Waals surface area contributed by atoms with Gasteiger partial charge in [-0.1, -0.05) is 152 Å². The predicted molar refractivity (Wildman–Crippen MR) is 238 cm³/mol. The number of benzene rings is 8. The minimum Gasteiger partial charge on any atom is -0.456 e. The van der Waals surface area contributed by atoms with Gasteiger partial charge in [0.1, 0.15) is 11.2 Å². The van der Waals surface area contributed by atoms with Crippen molar-refractivity contribution in [3.05, 3.63) is 200 Å². The molecule has 2 fully saturated rings. The second-order valence-electron chi connectivity index (χ2n) is 16.1. The topological polar surface area (TPSA) is 16.4 Å². The van der Waals surface area contributed by atoms with Crippen LogP contribution in [0, 0.1) is 11.8 Å². The largest absolute Gasteiger partial charge is 0.456 e. The molecule has 8 aromatic carbocycles. The third-order valence-corrected chi connectivity index (χ3v) is 12.8. The molecule has 0 N–H and O–H groups in total. The first kappa shape index (κ1) is 33.7. The summed E-state index contributed by atoms with van der Waals surface area (Å²) in [5.74, 6) is 2.60. The number of nitrogens with zero attached hydrogens (tertiary/aromatic N) is 1. The first-order valence-corrected chi connectivity index (χ1v) is 20.5. The third kappa shape index (κ3) is 6.13. The monoisotopic (exact) mass is 733 g/mol. The van der Waals surface area contributed by atoms with E-state index >= 15 is 0 Å². The van der Waals surface area contributed by atoms with Crippen LogP contribution in [-0.4, -0.2) is 0 Å². The summed E-state index contributed by atoms with van der Waals surface area (Å²) in [6.45, 7) is 0. The highest BCUT2D eigenvalue weighted by Crippen LogP contribution is 2.53. The fourth-order valence-electron chi connectivity index (χ4n) is 10.0. The van der Waals surface area contributed by atoms with Gasteiger partial charge in [0.25, 0.3) is 0 Å². The third-order valence-electron chi connectivity index (χ3n) is 12.8. The zero-order valence-corrected chi connectivity index (χ0v) is 31.9. The second-order valence-corrected chi connectivity index (χ2v) is 16.1. The van der Waals surface area contributed by atoms with Crippen molar-refractivity contribution in [1.82, 2.24) is 0 Å². The highest BCUT2D eigenvalue weighted by atomic mass is 16.3. The molecule has 2 aliphatic carbocycles. The molecule has 3 atom stereocenters. The molecule has 3 unspecified atom stereocenters. The van der Waals surface area contributed by atoms with Crippen molar-refractivity contribution in [2.45, 2.75) is 31.6 Å². The van der Waals surface area contributed by atoms with Gasteiger partial charge in [-0.3, -0.25) is 0 Å². The molecule has 274 valence electrons. The average molecular weight is 734 g/mol. The average Bonchev–Trinajstić information content (AvgIpc) is 4.03. The number of furan rings is 1. The summed E-state index contributed by atoms with van der Waals surface area (Å²) in [7, 11) is 0. The Morgan fingerprint density at radius 1 is 0.404 bits per heavy atom. The maximum absolute atomic E-state index is 6.42. The Bertz CT molecular complexity index is 2780. The molecule has 9 aromatic rings. The van der Waals surface area contributed by atoms with Crippen LogP contribution >= 0.6 is 0 Å². The van der Waals surface area contributed by atoms with Crippen molar-refractivity contribution < 1.29 is 4.42 Å². The van der Waals surface area contributed by atoms with Gasteiger partial charge in [-0.2, -0.15) is 0 Å². The van der Waals surface area contributed by atoms with E-state index in [0.29, 0.717) is 0 Å². The Hall–Kier alpha value is -6.64. The smallest absolute Gasteiger partial charge is 0.137 e. The van der Waals surface area contributed by atoms with Crippen molar-refractivity contribution in [2.24, 2.45) is 11.8 Å². The highest BCUT2D eigenvalue weighted by molar-refractivity contribution is 6.06. The summed E-state index contributed by atoms with van der Waals surface area (Å²) >= 11 is 0. The number of para-hydroxylation sites is 1. The number of anilines is 3. The molecule has 0 saturated heterocycles. The van der Waals surface area contributed by atoms with Gasteiger partial charge >= 0.3 is 0 Å². The molecular weight excluding hydrogens is 691 g/mol. The van der Waals surface area contributed by atoms with E-state index in [4.69, 9.17) is 4.42 Å². The summed E-state index contributed by atoms with van der Waals surface area (Å²) < 4.78 is 6.42. The fourth-order valence-corrected chi connectivity index (χ4v) is 10.0. The van der Waals surface area contributed by atoms with Crippen LogP contribution in [0.1, 0.15) is 37.2 Å². The molecule has 2 bridgehead atoms. The van der Waals surface area contributed by atoms with Crippen LogP contribution in [0.15, 0.2) is 199 Å². The van der Waals surface area contributed by atoms with Gasteiger partial charge in [-0.15, -0.1) is 0 Å². The molecule has 2 heteroatoms. The van der Waals surface area contributed by atoms with Crippen LogP contribution in [0.4, 0.5) is 17.1 Å². The van der Waals surface area contributed by atoms with Crippen LogP contribution in [0.3, 0.4) is 0 Å². The summed E-state index contributed by atoms with van der Waals surface area (Å²) in [4.78, 5) is 2.35. The first-order chi connectivity index (χ1) is 28.2. The summed E-state index contributed by atoms with van der Waals surface area (Å²) in [5, 5.41) is 2.26. The molecule has 0 spiro atoms. The van der Waals surface area contributed by atoms with Crippen molar-refractivity contribution in [1.29, 1.82) is 0 Å². The van der Waals surface area contributed by atoms with Gasteiger partial charge in [0, 0.05) is 33.9 Å². The Labute approximate surface area is 334 Å². The molecule has 0 radical (unpaired) electrons. The van der Waals surface area contributed by atoms with Crippen molar-refractivity contribution >= 4 is 39.0 Å². The summed E-state index contributed by atoms with van der Waals surface area (Å²) in [6, 6.07) is 70.6. The molecule has 2 saturated carbocycles. The standard InChI is InChI=1S/C55H43NO/c1-3-10-40(11-4-1)48-15-9-16-49(41-12-5-2-6-13-41)55(48)43-26-30-46(31-27-43)56(47-32-33-51-50-14-7-8-17-53(50)57-54(51)36-47)45-28-24-39(25-29-45)38-20-22-42(23-21-38)52-35-37-18-19-44(52)34-37/h1-17,20-33,36-37,44,52H,18-19,34-35H2. The molecule has 0 amide bonds. The zero-order chi connectivity index (χ0) is 37.7. The normalized spacial score (nSPS) is 17.4. The van der Waals surface area contributed by atoms with Gasteiger partial charge in [-0.05, 0) is 130 Å². The minimum absolute atomic E-state index is 0.751. The Morgan fingerprint density at radius 2 is 0.965 bits per heavy atom. The van der Waals surface area contributed by atoms with Gasteiger partial charge in [0.2, 0.25) is 0 Å². The van der Waals surface area contributed by atoms with Crippen LogP contribution in [0.5, 0.6) is 0 Å². The molecule has 1 aromatic heterocycles. The molecule has 2 aliphatic rings. The summed E-state index contributed by atoms with van der Waals surface area (Å²) in [6.07, 6.45) is 5.67. The van der Waals surface area contributed by atoms with Crippen LogP contribution < -0.4 is 4.90 Å². The van der Waals surface area contributed by atoms with E-state index in [1.165, 1.54) is 75.8 Å². The lowest BCUT2D eigenvalue weighted by Crippen LogP contribution is -2.09. The molecule has 1 heterocycles. The Balaban J connectivity index is 0.989. The van der Waals surface area contributed by atoms with Crippen LogP contribution in [0.25, 0.3) is 66.4 Å². The van der Waals surface area contributed by atoms with Crippen molar-refractivity contribution in [2.75, 3.05) is 4.90 Å². The lowest BCUT2D eigenvalue weighted by molar-refractivity contribution is 0.420. The Kier molecular flexibility index (Phi) is 8.35. The number of hydrogen-bond donors (Lipinski definition) is 0. The zero-order valence-electron chi connectivity index (χ0n) is 31.9. The predicted octanol–water partition coefficient (Wildman–Crippen LogP) is 15.6. The molecule has 0 aliphatic heterocycles. The van der Waals surface area contributed by atoms with E-state index in [0.717, 1.165) is 56.8 Å². The van der Waals surface area contributed by atoms with E-state index in [2.05, 4.69) is 187 Å². The van der Waals surface area contributed by atoms with E-state index in [1.807, 2.05) is 12.1 Å². The fraction of sp³-hybridized carbons (Fsp3) is 0.127. The maximum atomic E-state index is 6.42. The molecule has 2 nitrogen and oxygen atoms in total. The number of rotatable bonds is 8. The van der Waals surface area contributed by atoms with Gasteiger partial charge in [-0.25, -0.2) is 0 Å². The van der Waals surface area contributed by atoms with Gasteiger partial charge < -0.3 is 9.32 Å². The van der Waals surface area contributed by atoms with Gasteiger partial charge in [0.15, 0.2) is 0 Å². The van der Waals surface area contributed by atoms with E-state index in [9.17, 15) is 0 Å². The molecular formula is C55H43NO. The van der Waals surface area contributed by atoms with E-state index < -0.39 is 0 Å². The summed E-state index contributed by atoms with van der Waals surface area (Å²) in [5.41, 5.74) is 16.3. The lowest BCUT2D eigenvalue weighted by atomic mass is 9.83. The maximum Gasteiger partial charge on any atom is 0.137 e. The quantitative estimate of drug-likeness (QED) is 0.155. The second kappa shape index (κ2) is 14.1. The van der Waals surface area contributed by atoms with E-state index in [-0.39, 0.29) is 0 Å².